The molecule has 2 heterocycles. The minimum Gasteiger partial charge on any atom is -0.382 e. The van der Waals surface area contributed by atoms with Gasteiger partial charge in [0.2, 0.25) is 5.91 Å². The molecule has 0 aromatic carbocycles. The average molecular weight is 232 g/mol. The van der Waals surface area contributed by atoms with Crippen LogP contribution in [0.25, 0.3) is 5.65 Å². The van der Waals surface area contributed by atoms with E-state index in [1.807, 2.05) is 25.2 Å². The Balaban J connectivity index is 2.76. The third-order valence-corrected chi connectivity index (χ3v) is 2.85. The van der Waals surface area contributed by atoms with E-state index in [0.29, 0.717) is 5.56 Å². The molecular weight excluding hydrogens is 216 g/mol. The molecule has 0 atom stereocenters. The number of nitrogens with two attached hydrogens (primary N) is 1. The molecule has 5 nitrogen and oxygen atoms in total. The number of aromatic nitrogens is 2. The summed E-state index contributed by atoms with van der Waals surface area (Å²) < 4.78 is 1.90. The number of hydrogen-bond donors (Lipinski definition) is 2. The van der Waals surface area contributed by atoms with Gasteiger partial charge in [-0.25, -0.2) is 4.98 Å². The third kappa shape index (κ3) is 1.84. The van der Waals surface area contributed by atoms with Crippen molar-refractivity contribution in [2.45, 2.75) is 20.8 Å². The summed E-state index contributed by atoms with van der Waals surface area (Å²) in [5, 5.41) is 3.20. The fourth-order valence-corrected chi connectivity index (χ4v) is 1.83. The molecule has 90 valence electrons. The van der Waals surface area contributed by atoms with Crippen molar-refractivity contribution in [2.24, 2.45) is 5.73 Å². The highest BCUT2D eigenvalue weighted by Gasteiger charge is 2.12. The van der Waals surface area contributed by atoms with Gasteiger partial charge in [-0.1, -0.05) is 0 Å². The Morgan fingerprint density at radius 3 is 2.82 bits per heavy atom. The SMILES string of the molecule is CCNc1cc(C(N)=O)cn2c(C)c(C)nc12. The van der Waals surface area contributed by atoms with Crippen LogP contribution in [-0.4, -0.2) is 21.8 Å². The first kappa shape index (κ1) is 11.4. The van der Waals surface area contributed by atoms with Crippen molar-refractivity contribution in [2.75, 3.05) is 11.9 Å². The smallest absolute Gasteiger partial charge is 0.250 e. The summed E-state index contributed by atoms with van der Waals surface area (Å²) >= 11 is 0. The molecule has 17 heavy (non-hydrogen) atoms. The normalized spacial score (nSPS) is 10.8. The highest BCUT2D eigenvalue weighted by atomic mass is 16.1. The molecule has 0 aliphatic heterocycles. The van der Waals surface area contributed by atoms with E-state index in [2.05, 4.69) is 10.3 Å². The standard InChI is InChI=1S/C12H16N4O/c1-4-14-10-5-9(11(13)17)6-16-8(3)7(2)15-12(10)16/h5-6,14H,4H2,1-3H3,(H2,13,17). The number of nitrogens with one attached hydrogen (secondary N) is 1. The zero-order valence-corrected chi connectivity index (χ0v) is 10.2. The van der Waals surface area contributed by atoms with Gasteiger partial charge in [0.1, 0.15) is 0 Å². The van der Waals surface area contributed by atoms with Crippen LogP contribution in [0.4, 0.5) is 5.69 Å². The molecule has 0 aliphatic carbocycles. The van der Waals surface area contributed by atoms with Gasteiger partial charge in [0.05, 0.1) is 16.9 Å². The van der Waals surface area contributed by atoms with Crippen molar-refractivity contribution in [3.63, 3.8) is 0 Å². The van der Waals surface area contributed by atoms with Crippen molar-refractivity contribution in [3.05, 3.63) is 29.2 Å². The first-order valence-electron chi connectivity index (χ1n) is 5.57. The van der Waals surface area contributed by atoms with Crippen LogP contribution >= 0.6 is 0 Å². The molecule has 0 saturated heterocycles. The largest absolute Gasteiger partial charge is 0.382 e. The fourth-order valence-electron chi connectivity index (χ4n) is 1.83. The fraction of sp³-hybridized carbons (Fsp3) is 0.333. The van der Waals surface area contributed by atoms with Gasteiger partial charge in [-0.15, -0.1) is 0 Å². The molecule has 0 bridgehead atoms. The highest BCUT2D eigenvalue weighted by molar-refractivity contribution is 5.94. The summed E-state index contributed by atoms with van der Waals surface area (Å²) in [6, 6.07) is 1.74. The molecule has 0 fully saturated rings. The zero-order valence-electron chi connectivity index (χ0n) is 10.2. The molecule has 2 rings (SSSR count). The van der Waals surface area contributed by atoms with Crippen molar-refractivity contribution >= 4 is 17.2 Å². The summed E-state index contributed by atoms with van der Waals surface area (Å²) in [6.07, 6.45) is 1.73. The zero-order chi connectivity index (χ0) is 12.6. The Bertz CT molecular complexity index is 586. The summed E-state index contributed by atoms with van der Waals surface area (Å²) in [5.41, 5.74) is 9.43. The summed E-state index contributed by atoms with van der Waals surface area (Å²) in [4.78, 5) is 15.8. The second-order valence-electron chi connectivity index (χ2n) is 4.01. The van der Waals surface area contributed by atoms with E-state index in [4.69, 9.17) is 5.73 Å². The minimum absolute atomic E-state index is 0.434. The number of pyridine rings is 1. The van der Waals surface area contributed by atoms with Crippen LogP contribution in [0.15, 0.2) is 12.3 Å². The maximum absolute atomic E-state index is 11.3. The monoisotopic (exact) mass is 232 g/mol. The van der Waals surface area contributed by atoms with Gasteiger partial charge < -0.3 is 15.5 Å². The quantitative estimate of drug-likeness (QED) is 0.842. The Labute approximate surface area is 99.6 Å². The second-order valence-corrected chi connectivity index (χ2v) is 4.01. The molecule has 5 heteroatoms. The maximum Gasteiger partial charge on any atom is 0.250 e. The predicted octanol–water partition coefficient (Wildman–Crippen LogP) is 1.48. The van der Waals surface area contributed by atoms with Crippen LogP contribution < -0.4 is 11.1 Å². The lowest BCUT2D eigenvalue weighted by Gasteiger charge is -2.08. The van der Waals surface area contributed by atoms with Crippen LogP contribution in [0.1, 0.15) is 28.7 Å². The van der Waals surface area contributed by atoms with Crippen molar-refractivity contribution in [3.8, 4) is 0 Å². The van der Waals surface area contributed by atoms with Crippen LogP contribution in [0.5, 0.6) is 0 Å². The summed E-state index contributed by atoms with van der Waals surface area (Å²) in [5.74, 6) is -0.434. The van der Waals surface area contributed by atoms with Gasteiger partial charge in [-0.3, -0.25) is 4.79 Å². The van der Waals surface area contributed by atoms with Gasteiger partial charge >= 0.3 is 0 Å². The Morgan fingerprint density at radius 1 is 1.53 bits per heavy atom. The lowest BCUT2D eigenvalue weighted by molar-refractivity contribution is 0.1000. The van der Waals surface area contributed by atoms with Crippen molar-refractivity contribution < 1.29 is 4.79 Å². The molecule has 1 amide bonds. The lowest BCUT2D eigenvalue weighted by atomic mass is 10.2. The van der Waals surface area contributed by atoms with E-state index in [1.165, 1.54) is 0 Å². The van der Waals surface area contributed by atoms with E-state index < -0.39 is 5.91 Å². The van der Waals surface area contributed by atoms with E-state index in [1.54, 1.807) is 12.3 Å². The average Bonchev–Trinajstić information content (AvgIpc) is 2.56. The Hall–Kier alpha value is -2.04. The number of carbonyl (C=O) groups is 1. The summed E-state index contributed by atoms with van der Waals surface area (Å²) in [6.45, 7) is 6.68. The third-order valence-electron chi connectivity index (χ3n) is 2.85. The van der Waals surface area contributed by atoms with Gasteiger partial charge in [0.15, 0.2) is 5.65 Å². The lowest BCUT2D eigenvalue weighted by Crippen LogP contribution is -2.13. The number of amides is 1. The van der Waals surface area contributed by atoms with Crippen molar-refractivity contribution in [1.29, 1.82) is 0 Å². The van der Waals surface area contributed by atoms with Gasteiger partial charge in [-0.2, -0.15) is 0 Å². The van der Waals surface area contributed by atoms with E-state index in [-0.39, 0.29) is 0 Å². The number of fused-ring (bicyclic) bond motifs is 1. The first-order chi connectivity index (χ1) is 8.04. The number of imidazole rings is 1. The molecule has 2 aromatic heterocycles. The first-order valence-corrected chi connectivity index (χ1v) is 5.57. The number of aryl methyl sites for hydroxylation is 2. The van der Waals surface area contributed by atoms with E-state index >= 15 is 0 Å². The molecular formula is C12H16N4O. The van der Waals surface area contributed by atoms with E-state index in [9.17, 15) is 4.79 Å². The number of anilines is 1. The molecule has 0 aliphatic rings. The topological polar surface area (TPSA) is 72.4 Å². The number of carbonyl (C=O) groups excluding carboxylic acids is 1. The number of nitrogens with zero attached hydrogens (tertiary/aromatic N) is 2. The van der Waals surface area contributed by atoms with Gasteiger partial charge in [0.25, 0.3) is 0 Å². The molecule has 0 saturated carbocycles. The van der Waals surface area contributed by atoms with Crippen LogP contribution in [0.2, 0.25) is 0 Å². The minimum atomic E-state index is -0.434. The van der Waals surface area contributed by atoms with Gasteiger partial charge in [-0.05, 0) is 26.8 Å². The van der Waals surface area contributed by atoms with E-state index in [0.717, 1.165) is 29.3 Å². The number of rotatable bonds is 3. The Morgan fingerprint density at radius 2 is 2.24 bits per heavy atom. The van der Waals surface area contributed by atoms with Crippen molar-refractivity contribution in [1.82, 2.24) is 9.38 Å². The van der Waals surface area contributed by atoms with Crippen LogP contribution in [0, 0.1) is 13.8 Å². The predicted molar refractivity (Wildman–Crippen MR) is 67.3 cm³/mol. The number of hydrogen-bond acceptors (Lipinski definition) is 3. The Kier molecular flexibility index (Phi) is 2.75. The highest BCUT2D eigenvalue weighted by Crippen LogP contribution is 2.21. The van der Waals surface area contributed by atoms with Crippen LogP contribution in [0.3, 0.4) is 0 Å². The molecule has 0 unspecified atom stereocenters. The molecule has 0 radical (unpaired) electrons. The maximum atomic E-state index is 11.3. The molecule has 3 N–H and O–H groups in total. The second kappa shape index (κ2) is 4.08. The molecule has 2 aromatic rings. The number of primary amides is 1. The van der Waals surface area contributed by atoms with Crippen LogP contribution in [-0.2, 0) is 0 Å². The molecule has 0 spiro atoms. The summed E-state index contributed by atoms with van der Waals surface area (Å²) in [7, 11) is 0. The van der Waals surface area contributed by atoms with Gasteiger partial charge in [0, 0.05) is 18.4 Å².